The average Bonchev–Trinajstić information content (AvgIpc) is 2.28. The van der Waals surface area contributed by atoms with Crippen LogP contribution in [0.5, 0.6) is 0 Å². The highest BCUT2D eigenvalue weighted by Gasteiger charge is 2.30. The van der Waals surface area contributed by atoms with Gasteiger partial charge in [0.2, 0.25) is 5.91 Å². The maximum atomic E-state index is 11.9. The largest absolute Gasteiger partial charge is 0.444 e. The zero-order valence-corrected chi connectivity index (χ0v) is 13.1. The molecule has 108 valence electrons. The van der Waals surface area contributed by atoms with Crippen LogP contribution in [0.15, 0.2) is 16.7 Å². The first kappa shape index (κ1) is 14.8. The van der Waals surface area contributed by atoms with Crippen LogP contribution in [0, 0.1) is 0 Å². The zero-order valence-electron chi connectivity index (χ0n) is 11.5. The molecule has 20 heavy (non-hydrogen) atoms. The molecule has 7 heteroatoms. The topological polar surface area (TPSA) is 80.3 Å². The Morgan fingerprint density at radius 2 is 2.20 bits per heavy atom. The Morgan fingerprint density at radius 1 is 1.50 bits per heavy atom. The summed E-state index contributed by atoms with van der Waals surface area (Å²) < 4.78 is 5.82. The first-order valence-corrected chi connectivity index (χ1v) is 7.00. The molecular formula is C13H16BrN3O3. The Labute approximate surface area is 125 Å². The highest BCUT2D eigenvalue weighted by atomic mass is 79.9. The van der Waals surface area contributed by atoms with Crippen molar-refractivity contribution in [3.8, 4) is 0 Å². The van der Waals surface area contributed by atoms with Gasteiger partial charge >= 0.3 is 6.09 Å². The maximum absolute atomic E-state index is 11.9. The van der Waals surface area contributed by atoms with E-state index in [0.29, 0.717) is 16.7 Å². The Bertz CT molecular complexity index is 554. The first-order chi connectivity index (χ1) is 9.24. The van der Waals surface area contributed by atoms with E-state index in [9.17, 15) is 9.59 Å². The summed E-state index contributed by atoms with van der Waals surface area (Å²) in [7, 11) is 0. The average molecular weight is 342 g/mol. The minimum absolute atomic E-state index is 0.271. The van der Waals surface area contributed by atoms with Crippen molar-refractivity contribution in [3.05, 3.63) is 22.4 Å². The number of nitrogens with one attached hydrogen (secondary N) is 2. The predicted octanol–water partition coefficient (Wildman–Crippen LogP) is 2.23. The number of carbonyl (C=O) groups is 2. The van der Waals surface area contributed by atoms with E-state index >= 15 is 0 Å². The molecule has 1 aliphatic rings. The van der Waals surface area contributed by atoms with Gasteiger partial charge in [0.05, 0.1) is 11.4 Å². The second-order valence-electron chi connectivity index (χ2n) is 5.52. The fourth-order valence-corrected chi connectivity index (χ4v) is 2.16. The van der Waals surface area contributed by atoms with Crippen LogP contribution in [0.25, 0.3) is 0 Å². The summed E-state index contributed by atoms with van der Waals surface area (Å²) in [6, 6.07) is 2.84. The summed E-state index contributed by atoms with van der Waals surface area (Å²) in [6.45, 7) is 5.30. The molecule has 0 radical (unpaired) electrons. The van der Waals surface area contributed by atoms with Crippen LogP contribution in [-0.2, 0) is 16.0 Å². The smallest absolute Gasteiger partial charge is 0.408 e. The molecule has 0 spiro atoms. The maximum Gasteiger partial charge on any atom is 0.408 e. The molecule has 1 unspecified atom stereocenters. The number of amides is 2. The molecule has 2 heterocycles. The molecule has 1 aromatic heterocycles. The number of hydrogen-bond acceptors (Lipinski definition) is 4. The van der Waals surface area contributed by atoms with Gasteiger partial charge in [-0.2, -0.15) is 0 Å². The van der Waals surface area contributed by atoms with Gasteiger partial charge in [0.15, 0.2) is 0 Å². The van der Waals surface area contributed by atoms with Crippen molar-refractivity contribution < 1.29 is 14.3 Å². The van der Waals surface area contributed by atoms with Crippen molar-refractivity contribution >= 4 is 33.6 Å². The SMILES string of the molecule is CC(C)(C)OC(=O)NC1Cc2nc(Br)ccc2NC1=O. The molecule has 1 atom stereocenters. The zero-order chi connectivity index (χ0) is 14.9. The van der Waals surface area contributed by atoms with Gasteiger partial charge < -0.3 is 15.4 Å². The lowest BCUT2D eigenvalue weighted by molar-refractivity contribution is -0.118. The molecule has 6 nitrogen and oxygen atoms in total. The van der Waals surface area contributed by atoms with E-state index in [1.54, 1.807) is 32.9 Å². The number of ether oxygens (including phenoxy) is 1. The lowest BCUT2D eigenvalue weighted by Crippen LogP contribution is -2.49. The number of pyridine rings is 1. The minimum Gasteiger partial charge on any atom is -0.444 e. The Balaban J connectivity index is 2.07. The molecule has 2 rings (SSSR count). The predicted molar refractivity (Wildman–Crippen MR) is 77.4 cm³/mol. The van der Waals surface area contributed by atoms with Crippen molar-refractivity contribution in [3.63, 3.8) is 0 Å². The standard InChI is InChI=1S/C13H16BrN3O3/c1-13(2,3)20-12(19)17-9-6-8-7(16-11(9)18)4-5-10(14)15-8/h4-5,9H,6H2,1-3H3,(H,16,18)(H,17,19). The number of nitrogens with zero attached hydrogens (tertiary/aromatic N) is 1. The fraction of sp³-hybridized carbons (Fsp3) is 0.462. The summed E-state index contributed by atoms with van der Waals surface area (Å²) in [5, 5.41) is 5.27. The van der Waals surface area contributed by atoms with Crippen molar-refractivity contribution in [2.45, 2.75) is 38.8 Å². The van der Waals surface area contributed by atoms with Crippen molar-refractivity contribution in [2.75, 3.05) is 5.32 Å². The van der Waals surface area contributed by atoms with E-state index in [1.165, 1.54) is 0 Å². The molecule has 0 saturated carbocycles. The van der Waals surface area contributed by atoms with Crippen molar-refractivity contribution in [1.82, 2.24) is 10.3 Å². The molecule has 2 N–H and O–H groups in total. The minimum atomic E-state index is -0.681. The van der Waals surface area contributed by atoms with Crippen LogP contribution < -0.4 is 10.6 Å². The van der Waals surface area contributed by atoms with E-state index in [4.69, 9.17) is 4.74 Å². The van der Waals surface area contributed by atoms with E-state index in [0.717, 1.165) is 5.69 Å². The Morgan fingerprint density at radius 3 is 2.85 bits per heavy atom. The van der Waals surface area contributed by atoms with E-state index < -0.39 is 17.7 Å². The van der Waals surface area contributed by atoms with Gasteiger partial charge in [0, 0.05) is 6.42 Å². The number of carbonyl (C=O) groups excluding carboxylic acids is 2. The van der Waals surface area contributed by atoms with E-state index in [2.05, 4.69) is 31.5 Å². The van der Waals surface area contributed by atoms with Crippen LogP contribution in [-0.4, -0.2) is 28.6 Å². The molecule has 0 aliphatic carbocycles. The molecule has 1 aliphatic heterocycles. The van der Waals surface area contributed by atoms with Gasteiger partial charge in [0.25, 0.3) is 0 Å². The number of hydrogen-bond donors (Lipinski definition) is 2. The third-order valence-electron chi connectivity index (χ3n) is 2.60. The number of halogens is 1. The third kappa shape index (κ3) is 3.69. The van der Waals surface area contributed by atoms with Gasteiger partial charge in [-0.05, 0) is 48.8 Å². The van der Waals surface area contributed by atoms with E-state index in [1.807, 2.05) is 0 Å². The summed E-state index contributed by atoms with van der Waals surface area (Å²) in [6.07, 6.45) is -0.282. The molecule has 0 fully saturated rings. The van der Waals surface area contributed by atoms with Gasteiger partial charge in [-0.1, -0.05) is 0 Å². The van der Waals surface area contributed by atoms with Crippen molar-refractivity contribution in [1.29, 1.82) is 0 Å². The first-order valence-electron chi connectivity index (χ1n) is 6.20. The number of alkyl carbamates (subject to hydrolysis) is 1. The summed E-state index contributed by atoms with van der Waals surface area (Å²) >= 11 is 3.28. The van der Waals surface area contributed by atoms with Crippen LogP contribution >= 0.6 is 15.9 Å². The second-order valence-corrected chi connectivity index (χ2v) is 6.33. The highest BCUT2D eigenvalue weighted by Crippen LogP contribution is 2.23. The molecule has 0 saturated heterocycles. The summed E-state index contributed by atoms with van der Waals surface area (Å²) in [4.78, 5) is 27.9. The van der Waals surface area contributed by atoms with Crippen LogP contribution in [0.3, 0.4) is 0 Å². The molecule has 0 bridgehead atoms. The third-order valence-corrected chi connectivity index (χ3v) is 3.04. The Kier molecular flexibility index (Phi) is 3.99. The summed E-state index contributed by atoms with van der Waals surface area (Å²) in [5.41, 5.74) is 0.787. The molecule has 1 aromatic rings. The monoisotopic (exact) mass is 341 g/mol. The molecule has 2 amide bonds. The lowest BCUT2D eigenvalue weighted by atomic mass is 10.0. The van der Waals surface area contributed by atoms with Gasteiger partial charge in [-0.15, -0.1) is 0 Å². The molecular weight excluding hydrogens is 326 g/mol. The lowest BCUT2D eigenvalue weighted by Gasteiger charge is -2.26. The number of anilines is 1. The van der Waals surface area contributed by atoms with Crippen LogP contribution in [0.1, 0.15) is 26.5 Å². The van der Waals surface area contributed by atoms with Gasteiger partial charge in [0.1, 0.15) is 16.2 Å². The summed E-state index contributed by atoms with van der Waals surface area (Å²) in [5.74, 6) is -0.271. The highest BCUT2D eigenvalue weighted by molar-refractivity contribution is 9.10. The van der Waals surface area contributed by atoms with Gasteiger partial charge in [-0.3, -0.25) is 4.79 Å². The second kappa shape index (κ2) is 5.40. The molecule has 0 aromatic carbocycles. The number of fused-ring (bicyclic) bond motifs is 1. The van der Waals surface area contributed by atoms with Crippen LogP contribution in [0.4, 0.5) is 10.5 Å². The number of rotatable bonds is 1. The Hall–Kier alpha value is -1.63. The van der Waals surface area contributed by atoms with Crippen molar-refractivity contribution in [2.24, 2.45) is 0 Å². The van der Waals surface area contributed by atoms with E-state index in [-0.39, 0.29) is 5.91 Å². The van der Waals surface area contributed by atoms with Crippen LogP contribution in [0.2, 0.25) is 0 Å². The fourth-order valence-electron chi connectivity index (χ4n) is 1.82. The van der Waals surface area contributed by atoms with Gasteiger partial charge in [-0.25, -0.2) is 9.78 Å². The normalized spacial score (nSPS) is 18.0. The quantitative estimate of drug-likeness (QED) is 0.767. The number of aromatic nitrogens is 1.